The van der Waals surface area contributed by atoms with Crippen molar-refractivity contribution in [1.82, 2.24) is 0 Å². The van der Waals surface area contributed by atoms with Crippen LogP contribution < -0.4 is 0 Å². The van der Waals surface area contributed by atoms with Crippen molar-refractivity contribution >= 4 is 21.9 Å². The highest BCUT2D eigenvalue weighted by atomic mass is 79.9. The number of carboxylic acid groups (broad SMARTS) is 1. The van der Waals surface area contributed by atoms with E-state index < -0.39 is 11.9 Å². The van der Waals surface area contributed by atoms with Gasteiger partial charge in [-0.15, -0.1) is 0 Å². The number of benzene rings is 1. The van der Waals surface area contributed by atoms with Crippen molar-refractivity contribution in [2.75, 3.05) is 0 Å². The maximum Gasteiger partial charge on any atom is 0.307 e. The van der Waals surface area contributed by atoms with Gasteiger partial charge in [0.05, 0.1) is 5.92 Å². The molecule has 0 radical (unpaired) electrons. The van der Waals surface area contributed by atoms with Crippen LogP contribution in [0.25, 0.3) is 0 Å². The Morgan fingerprint density at radius 1 is 1.50 bits per heavy atom. The van der Waals surface area contributed by atoms with Crippen LogP contribution in [0.4, 0.5) is 4.39 Å². The Morgan fingerprint density at radius 2 is 2.12 bits per heavy atom. The lowest BCUT2D eigenvalue weighted by Crippen LogP contribution is -2.22. The minimum Gasteiger partial charge on any atom is -0.481 e. The number of hydrogen-bond donors (Lipinski definition) is 1. The van der Waals surface area contributed by atoms with Crippen molar-refractivity contribution < 1.29 is 14.3 Å². The minimum atomic E-state index is -0.880. The molecule has 4 heteroatoms. The van der Waals surface area contributed by atoms with E-state index in [1.54, 1.807) is 12.1 Å². The summed E-state index contributed by atoms with van der Waals surface area (Å²) in [5, 5.41) is 9.03. The van der Waals surface area contributed by atoms with E-state index in [4.69, 9.17) is 5.11 Å². The maximum atomic E-state index is 13.4. The summed E-state index contributed by atoms with van der Waals surface area (Å²) in [6, 6.07) is 4.58. The Balaban J connectivity index is 2.93. The van der Waals surface area contributed by atoms with Gasteiger partial charge in [-0.3, -0.25) is 4.79 Å². The van der Waals surface area contributed by atoms with E-state index in [0.29, 0.717) is 5.56 Å². The number of carboxylic acids is 1. The average molecular weight is 289 g/mol. The van der Waals surface area contributed by atoms with Crippen molar-refractivity contribution in [3.63, 3.8) is 0 Å². The maximum absolute atomic E-state index is 13.4. The molecule has 0 amide bonds. The molecule has 1 aromatic carbocycles. The van der Waals surface area contributed by atoms with Crippen LogP contribution in [0.2, 0.25) is 0 Å². The standard InChI is InChI=1S/C12H14BrFO2/c1-7(2)10(12(15)16)6-8-5-9(13)3-4-11(8)14/h3-5,7,10H,6H2,1-2H3,(H,15,16). The van der Waals surface area contributed by atoms with Gasteiger partial charge in [-0.2, -0.15) is 0 Å². The first-order valence-electron chi connectivity index (χ1n) is 5.08. The Kier molecular flexibility index (Phi) is 4.47. The largest absolute Gasteiger partial charge is 0.481 e. The van der Waals surface area contributed by atoms with Gasteiger partial charge in [-0.25, -0.2) is 4.39 Å². The summed E-state index contributed by atoms with van der Waals surface area (Å²) in [7, 11) is 0. The third-order valence-corrected chi connectivity index (χ3v) is 3.06. The number of carbonyl (C=O) groups is 1. The lowest BCUT2D eigenvalue weighted by atomic mass is 9.89. The lowest BCUT2D eigenvalue weighted by molar-refractivity contribution is -0.143. The van der Waals surface area contributed by atoms with E-state index in [0.717, 1.165) is 4.47 Å². The molecule has 0 fully saturated rings. The van der Waals surface area contributed by atoms with Gasteiger partial charge in [0.1, 0.15) is 5.82 Å². The topological polar surface area (TPSA) is 37.3 Å². The highest BCUT2D eigenvalue weighted by Crippen LogP contribution is 2.22. The molecule has 16 heavy (non-hydrogen) atoms. The van der Waals surface area contributed by atoms with E-state index in [9.17, 15) is 9.18 Å². The monoisotopic (exact) mass is 288 g/mol. The molecule has 0 aliphatic heterocycles. The van der Waals surface area contributed by atoms with Crippen LogP contribution in [0.15, 0.2) is 22.7 Å². The molecule has 1 aromatic rings. The van der Waals surface area contributed by atoms with Crippen LogP contribution in [-0.4, -0.2) is 11.1 Å². The first-order chi connectivity index (χ1) is 7.41. The third kappa shape index (κ3) is 3.30. The quantitative estimate of drug-likeness (QED) is 0.921. The average Bonchev–Trinajstić information content (AvgIpc) is 2.18. The molecule has 1 N–H and O–H groups in total. The van der Waals surface area contributed by atoms with Crippen molar-refractivity contribution in [2.24, 2.45) is 11.8 Å². The molecular formula is C12H14BrFO2. The Labute approximate surface area is 103 Å². The molecule has 1 rings (SSSR count). The van der Waals surface area contributed by atoms with Crippen LogP contribution in [0, 0.1) is 17.7 Å². The zero-order chi connectivity index (χ0) is 12.3. The van der Waals surface area contributed by atoms with Crippen molar-refractivity contribution in [3.8, 4) is 0 Å². The Bertz CT molecular complexity index is 391. The molecule has 0 bridgehead atoms. The summed E-state index contributed by atoms with van der Waals surface area (Å²) in [5.41, 5.74) is 0.440. The first-order valence-corrected chi connectivity index (χ1v) is 5.88. The fourth-order valence-electron chi connectivity index (χ4n) is 1.54. The number of halogens is 2. The highest BCUT2D eigenvalue weighted by Gasteiger charge is 2.23. The Hall–Kier alpha value is -0.900. The molecule has 0 aromatic heterocycles. The van der Waals surface area contributed by atoms with Crippen LogP contribution in [0.1, 0.15) is 19.4 Å². The highest BCUT2D eigenvalue weighted by molar-refractivity contribution is 9.10. The SMILES string of the molecule is CC(C)C(Cc1cc(Br)ccc1F)C(=O)O. The van der Waals surface area contributed by atoms with Crippen LogP contribution in [0.5, 0.6) is 0 Å². The second kappa shape index (κ2) is 5.43. The number of hydrogen-bond acceptors (Lipinski definition) is 1. The summed E-state index contributed by atoms with van der Waals surface area (Å²) in [5.74, 6) is -1.80. The van der Waals surface area contributed by atoms with Gasteiger partial charge in [0.15, 0.2) is 0 Å². The number of rotatable bonds is 4. The van der Waals surface area contributed by atoms with E-state index in [-0.39, 0.29) is 18.2 Å². The van der Waals surface area contributed by atoms with Gasteiger partial charge in [-0.1, -0.05) is 29.8 Å². The molecule has 0 aliphatic rings. The predicted octanol–water partition coefficient (Wildman–Crippen LogP) is 3.49. The molecule has 1 atom stereocenters. The zero-order valence-electron chi connectivity index (χ0n) is 9.21. The third-order valence-electron chi connectivity index (χ3n) is 2.57. The van der Waals surface area contributed by atoms with Crippen molar-refractivity contribution in [3.05, 3.63) is 34.1 Å². The summed E-state index contributed by atoms with van der Waals surface area (Å²) >= 11 is 3.25. The van der Waals surface area contributed by atoms with Crippen molar-refractivity contribution in [1.29, 1.82) is 0 Å². The molecule has 0 saturated heterocycles. The Morgan fingerprint density at radius 3 is 2.62 bits per heavy atom. The van der Waals surface area contributed by atoms with Crippen LogP contribution in [-0.2, 0) is 11.2 Å². The summed E-state index contributed by atoms with van der Waals surface area (Å²) in [6.45, 7) is 3.66. The number of aliphatic carboxylic acids is 1. The fourth-order valence-corrected chi connectivity index (χ4v) is 1.95. The molecule has 0 spiro atoms. The molecule has 1 unspecified atom stereocenters. The van der Waals surface area contributed by atoms with E-state index in [1.807, 2.05) is 13.8 Å². The van der Waals surface area contributed by atoms with Gasteiger partial charge in [-0.05, 0) is 36.1 Å². The summed E-state index contributed by atoms with van der Waals surface area (Å²) < 4.78 is 14.2. The molecule has 2 nitrogen and oxygen atoms in total. The molecule has 0 aliphatic carbocycles. The fraction of sp³-hybridized carbons (Fsp3) is 0.417. The van der Waals surface area contributed by atoms with E-state index in [1.165, 1.54) is 6.07 Å². The van der Waals surface area contributed by atoms with Gasteiger partial charge in [0.25, 0.3) is 0 Å². The van der Waals surface area contributed by atoms with Gasteiger partial charge in [0.2, 0.25) is 0 Å². The lowest BCUT2D eigenvalue weighted by Gasteiger charge is -2.16. The summed E-state index contributed by atoms with van der Waals surface area (Å²) in [6.07, 6.45) is 0.221. The second-order valence-electron chi connectivity index (χ2n) is 4.13. The zero-order valence-corrected chi connectivity index (χ0v) is 10.8. The smallest absolute Gasteiger partial charge is 0.307 e. The molecular weight excluding hydrogens is 275 g/mol. The van der Waals surface area contributed by atoms with Gasteiger partial charge >= 0.3 is 5.97 Å². The predicted molar refractivity (Wildman–Crippen MR) is 63.8 cm³/mol. The second-order valence-corrected chi connectivity index (χ2v) is 5.04. The van der Waals surface area contributed by atoms with Crippen molar-refractivity contribution in [2.45, 2.75) is 20.3 Å². The minimum absolute atomic E-state index is 0.0177. The van der Waals surface area contributed by atoms with E-state index >= 15 is 0 Å². The normalized spacial score (nSPS) is 12.8. The molecule has 88 valence electrons. The van der Waals surface area contributed by atoms with Gasteiger partial charge < -0.3 is 5.11 Å². The van der Waals surface area contributed by atoms with E-state index in [2.05, 4.69) is 15.9 Å². The molecule has 0 saturated carbocycles. The molecule has 0 heterocycles. The summed E-state index contributed by atoms with van der Waals surface area (Å²) in [4.78, 5) is 11.0. The van der Waals surface area contributed by atoms with Gasteiger partial charge in [0, 0.05) is 4.47 Å². The van der Waals surface area contributed by atoms with Crippen LogP contribution >= 0.6 is 15.9 Å². The first kappa shape index (κ1) is 13.2. The van der Waals surface area contributed by atoms with Crippen LogP contribution in [0.3, 0.4) is 0 Å².